The summed E-state index contributed by atoms with van der Waals surface area (Å²) in [4.78, 5) is 61.8. The van der Waals surface area contributed by atoms with Crippen molar-refractivity contribution in [3.63, 3.8) is 0 Å². The third-order valence-corrected chi connectivity index (χ3v) is 7.29. The van der Waals surface area contributed by atoms with Crippen LogP contribution in [-0.2, 0) is 30.3 Å². The normalized spacial score (nSPS) is 18.9. The van der Waals surface area contributed by atoms with E-state index in [1.165, 1.54) is 21.8 Å². The number of hydrogen-bond donors (Lipinski definition) is 0. The number of hydrazine groups is 1. The zero-order valence-electron chi connectivity index (χ0n) is 25.4. The van der Waals surface area contributed by atoms with E-state index in [0.717, 1.165) is 5.56 Å². The largest absolute Gasteiger partial charge is 0.473 e. The number of benzene rings is 2. The Morgan fingerprint density at radius 1 is 1.00 bits per heavy atom. The minimum absolute atomic E-state index is 0.0705. The number of aliphatic imine (C=N–C) groups is 1. The molecule has 0 bridgehead atoms. The first-order chi connectivity index (χ1) is 19.8. The predicted molar refractivity (Wildman–Crippen MR) is 161 cm³/mol. The van der Waals surface area contributed by atoms with Crippen LogP contribution in [0.5, 0.6) is 0 Å². The van der Waals surface area contributed by atoms with Gasteiger partial charge in [-0.2, -0.15) is 0 Å². The lowest BCUT2D eigenvalue weighted by molar-refractivity contribution is -0.168. The second-order valence-corrected chi connectivity index (χ2v) is 12.1. The molecule has 0 aromatic heterocycles. The van der Waals surface area contributed by atoms with E-state index in [9.17, 15) is 19.2 Å². The van der Waals surface area contributed by atoms with Crippen molar-refractivity contribution in [1.82, 2.24) is 14.9 Å². The number of amides is 3. The van der Waals surface area contributed by atoms with Crippen LogP contribution in [0.4, 0.5) is 0 Å². The Kier molecular flexibility index (Phi) is 8.99. The van der Waals surface area contributed by atoms with Crippen LogP contribution in [-0.4, -0.2) is 68.5 Å². The lowest BCUT2D eigenvalue weighted by Crippen LogP contribution is -2.64. The maximum absolute atomic E-state index is 14.6. The van der Waals surface area contributed by atoms with Crippen LogP contribution in [0.2, 0.25) is 0 Å². The minimum atomic E-state index is -1.14. The number of ketones is 1. The molecule has 2 aromatic carbocycles. The third kappa shape index (κ3) is 6.30. The molecule has 0 N–H and O–H groups in total. The van der Waals surface area contributed by atoms with Gasteiger partial charge in [-0.05, 0) is 25.3 Å². The number of nitrogens with zero attached hydrogens (tertiary/aromatic N) is 4. The summed E-state index contributed by atoms with van der Waals surface area (Å²) in [6.07, 6.45) is 1.76. The van der Waals surface area contributed by atoms with Gasteiger partial charge in [0.25, 0.3) is 11.8 Å². The van der Waals surface area contributed by atoms with Crippen LogP contribution >= 0.6 is 0 Å². The average Bonchev–Trinajstić information content (AvgIpc) is 3.32. The highest BCUT2D eigenvalue weighted by Crippen LogP contribution is 2.34. The smallest absolute Gasteiger partial charge is 0.269 e. The van der Waals surface area contributed by atoms with E-state index in [1.807, 2.05) is 76.2 Å². The van der Waals surface area contributed by atoms with Gasteiger partial charge in [0.05, 0.1) is 11.2 Å². The standard InChI is InChI=1S/C33H40N4O5/c1-21(2)28-32(41)37(27(25-16-12-9-13-17-25)19-35(28)31(40)22(3)4)36(23(5)38)26(18-24-14-10-8-11-15-24)29(39)30-34-33(6,7)20-42-30/h8-17,19,21-22,26,28H,18,20H2,1-7H3/t26-,28-/m0/s1. The summed E-state index contributed by atoms with van der Waals surface area (Å²) >= 11 is 0. The van der Waals surface area contributed by atoms with Gasteiger partial charge in [0.15, 0.2) is 0 Å². The van der Waals surface area contributed by atoms with Crippen LogP contribution in [0.25, 0.3) is 5.70 Å². The van der Waals surface area contributed by atoms with E-state index in [0.29, 0.717) is 11.3 Å². The Bertz CT molecular complexity index is 1400. The van der Waals surface area contributed by atoms with Gasteiger partial charge in [-0.3, -0.25) is 19.2 Å². The second kappa shape index (κ2) is 12.3. The molecule has 2 atom stereocenters. The number of rotatable bonds is 9. The SMILES string of the molecule is CC(=O)N([C@@H](Cc1ccccc1)C(=O)C1=NC(C)(C)CO1)N1C(=O)[C@H](C(C)C)N(C(=O)C(C)C)C=C1c1ccccc1. The second-order valence-electron chi connectivity index (χ2n) is 12.1. The van der Waals surface area contributed by atoms with Gasteiger partial charge < -0.3 is 9.64 Å². The predicted octanol–water partition coefficient (Wildman–Crippen LogP) is 4.49. The van der Waals surface area contributed by atoms with Gasteiger partial charge in [-0.25, -0.2) is 15.0 Å². The Labute approximate surface area is 247 Å². The number of carbonyl (C=O) groups excluding carboxylic acids is 4. The van der Waals surface area contributed by atoms with Gasteiger partial charge in [0.1, 0.15) is 18.7 Å². The quantitative estimate of drug-likeness (QED) is 0.441. The first-order valence-electron chi connectivity index (χ1n) is 14.4. The van der Waals surface area contributed by atoms with E-state index < -0.39 is 35.2 Å². The van der Waals surface area contributed by atoms with E-state index in [2.05, 4.69) is 4.99 Å². The highest BCUT2D eigenvalue weighted by atomic mass is 16.5. The van der Waals surface area contributed by atoms with Crippen LogP contribution in [0, 0.1) is 11.8 Å². The molecule has 0 radical (unpaired) electrons. The van der Waals surface area contributed by atoms with Gasteiger partial charge in [0.2, 0.25) is 17.6 Å². The topological polar surface area (TPSA) is 99.6 Å². The van der Waals surface area contributed by atoms with E-state index >= 15 is 0 Å². The Balaban J connectivity index is 1.93. The third-order valence-electron chi connectivity index (χ3n) is 7.29. The fraction of sp³-hybridized carbons (Fsp3) is 0.424. The summed E-state index contributed by atoms with van der Waals surface area (Å²) in [7, 11) is 0. The van der Waals surface area contributed by atoms with Gasteiger partial charge in [0, 0.05) is 31.0 Å². The fourth-order valence-electron chi connectivity index (χ4n) is 5.24. The van der Waals surface area contributed by atoms with Crippen LogP contribution in [0.1, 0.15) is 59.6 Å². The molecule has 222 valence electrons. The number of Topliss-reactive ketones (excluding diaryl/α,β-unsaturated/α-hetero) is 1. The van der Waals surface area contributed by atoms with Crippen molar-refractivity contribution < 1.29 is 23.9 Å². The Morgan fingerprint density at radius 2 is 1.60 bits per heavy atom. The van der Waals surface area contributed by atoms with E-state index in [4.69, 9.17) is 4.74 Å². The minimum Gasteiger partial charge on any atom is -0.473 e. The summed E-state index contributed by atoms with van der Waals surface area (Å²) in [6, 6.07) is 16.4. The molecule has 3 amide bonds. The first-order valence-corrected chi connectivity index (χ1v) is 14.4. The molecule has 0 fully saturated rings. The van der Waals surface area contributed by atoms with Crippen molar-refractivity contribution in [1.29, 1.82) is 0 Å². The molecule has 2 heterocycles. The van der Waals surface area contributed by atoms with Gasteiger partial charge in [-0.1, -0.05) is 88.4 Å². The van der Waals surface area contributed by atoms with Crippen molar-refractivity contribution in [2.45, 2.75) is 72.5 Å². The summed E-state index contributed by atoms with van der Waals surface area (Å²) < 4.78 is 5.73. The lowest BCUT2D eigenvalue weighted by Gasteiger charge is -2.47. The molecule has 9 heteroatoms. The first kappa shape index (κ1) is 30.7. The number of carbonyl (C=O) groups is 4. The van der Waals surface area contributed by atoms with Crippen LogP contribution < -0.4 is 0 Å². The summed E-state index contributed by atoms with van der Waals surface area (Å²) in [5.74, 6) is -2.41. The molecule has 0 saturated carbocycles. The number of hydrogen-bond acceptors (Lipinski definition) is 6. The molecule has 0 saturated heterocycles. The zero-order valence-corrected chi connectivity index (χ0v) is 25.4. The molecule has 0 unspecified atom stereocenters. The average molecular weight is 573 g/mol. The van der Waals surface area contributed by atoms with Crippen molar-refractivity contribution in [2.24, 2.45) is 16.8 Å². The molecule has 2 aliphatic rings. The van der Waals surface area contributed by atoms with Crippen molar-refractivity contribution in [2.75, 3.05) is 6.61 Å². The van der Waals surface area contributed by atoms with Crippen molar-refractivity contribution >= 4 is 35.1 Å². The van der Waals surface area contributed by atoms with Crippen LogP contribution in [0.3, 0.4) is 0 Å². The molecule has 0 aliphatic carbocycles. The van der Waals surface area contributed by atoms with Crippen LogP contribution in [0.15, 0.2) is 71.9 Å². The maximum atomic E-state index is 14.6. The van der Waals surface area contributed by atoms with Gasteiger partial charge >= 0.3 is 0 Å². The fourth-order valence-corrected chi connectivity index (χ4v) is 5.24. The molecule has 42 heavy (non-hydrogen) atoms. The maximum Gasteiger partial charge on any atom is 0.269 e. The van der Waals surface area contributed by atoms with Crippen molar-refractivity contribution in [3.05, 3.63) is 78.0 Å². The highest BCUT2D eigenvalue weighted by Gasteiger charge is 2.48. The number of ether oxygens (including phenoxy) is 1. The van der Waals surface area contributed by atoms with Gasteiger partial charge in [-0.15, -0.1) is 0 Å². The summed E-state index contributed by atoms with van der Waals surface area (Å²) in [6.45, 7) is 12.6. The Morgan fingerprint density at radius 3 is 2.10 bits per heavy atom. The summed E-state index contributed by atoms with van der Waals surface area (Å²) in [5, 5.41) is 2.51. The molecule has 2 aliphatic heterocycles. The van der Waals surface area contributed by atoms with Crippen molar-refractivity contribution in [3.8, 4) is 0 Å². The molecule has 4 rings (SSSR count). The molecular formula is C33H40N4O5. The molecular weight excluding hydrogens is 532 g/mol. The monoisotopic (exact) mass is 572 g/mol. The molecule has 2 aromatic rings. The molecule has 0 spiro atoms. The lowest BCUT2D eigenvalue weighted by atomic mass is 9.96. The van der Waals surface area contributed by atoms with E-state index in [1.54, 1.807) is 32.2 Å². The molecule has 9 nitrogen and oxygen atoms in total. The zero-order chi connectivity index (χ0) is 30.8. The highest BCUT2D eigenvalue weighted by molar-refractivity contribution is 6.39. The summed E-state index contributed by atoms with van der Waals surface area (Å²) in [5.41, 5.74) is 1.14. The Hall–Kier alpha value is -4.27. The van der Waals surface area contributed by atoms with E-state index in [-0.39, 0.29) is 36.7 Å².